The molecule has 3 rings (SSSR count). The Labute approximate surface area is 151 Å². The molecule has 0 aliphatic carbocycles. The third kappa shape index (κ3) is 5.65. The van der Waals surface area contributed by atoms with Crippen LogP contribution in [0.15, 0.2) is 91.0 Å². The van der Waals surface area contributed by atoms with Crippen molar-refractivity contribution in [3.8, 4) is 0 Å². The molecule has 0 bridgehead atoms. The van der Waals surface area contributed by atoms with Crippen LogP contribution in [0.25, 0.3) is 10.8 Å². The lowest BCUT2D eigenvalue weighted by atomic mass is 10.1. The largest absolute Gasteiger partial charge is 0.356 e. The van der Waals surface area contributed by atoms with Crippen molar-refractivity contribution in [2.75, 3.05) is 5.32 Å². The number of allylic oxidation sites excluding steroid dienone is 4. The lowest BCUT2D eigenvalue weighted by molar-refractivity contribution is 1.27. The number of nitrogens with one attached hydrogen (secondary N) is 1. The summed E-state index contributed by atoms with van der Waals surface area (Å²) in [6, 6.07) is 23.5. The average molecular weight is 329 g/mol. The van der Waals surface area contributed by atoms with Gasteiger partial charge in [-0.3, -0.25) is 0 Å². The fraction of sp³-hybridized carbons (Fsp3) is 0.167. The second-order valence-corrected chi connectivity index (χ2v) is 5.54. The molecule has 3 aromatic carbocycles. The van der Waals surface area contributed by atoms with Gasteiger partial charge in [0.05, 0.1) is 0 Å². The summed E-state index contributed by atoms with van der Waals surface area (Å²) in [4.78, 5) is 0. The highest BCUT2D eigenvalue weighted by molar-refractivity contribution is 5.86. The van der Waals surface area contributed by atoms with E-state index in [2.05, 4.69) is 90.3 Å². The number of fused-ring (bicyclic) bond motifs is 1. The van der Waals surface area contributed by atoms with Crippen LogP contribution in [0.3, 0.4) is 0 Å². The fourth-order valence-electron chi connectivity index (χ4n) is 2.55. The van der Waals surface area contributed by atoms with E-state index in [0.717, 1.165) is 17.8 Å². The van der Waals surface area contributed by atoms with Crippen LogP contribution in [0.5, 0.6) is 0 Å². The normalized spacial score (nSPS) is 10.8. The molecule has 1 heteroatoms. The minimum Gasteiger partial charge on any atom is -0.356 e. The molecule has 1 nitrogen and oxygen atoms in total. The van der Waals surface area contributed by atoms with Crippen molar-refractivity contribution in [2.24, 2.45) is 0 Å². The third-order valence-electron chi connectivity index (χ3n) is 3.79. The van der Waals surface area contributed by atoms with Gasteiger partial charge in [-0.2, -0.15) is 0 Å². The molecule has 0 fully saturated rings. The molecule has 0 aliphatic heterocycles. The van der Waals surface area contributed by atoms with E-state index in [1.54, 1.807) is 0 Å². The van der Waals surface area contributed by atoms with Gasteiger partial charge in [0.2, 0.25) is 0 Å². The maximum Gasteiger partial charge on any atom is 0.0390 e. The smallest absolute Gasteiger partial charge is 0.0390 e. The number of hydrogen-bond donors (Lipinski definition) is 1. The Hall–Kier alpha value is -2.80. The standard InChI is InChI=1S/C22H21N.C2H6/c1-2-3-4-5-8-18-11-14-21(15-12-18)23-22-16-13-19-9-6-7-10-20(19)17-22;1-2/h2-7,9-17,23H,8H2,1H3;1-2H3/b3-2-,5-4-;. The van der Waals surface area contributed by atoms with Gasteiger partial charge in [0.25, 0.3) is 0 Å². The van der Waals surface area contributed by atoms with Gasteiger partial charge in [0, 0.05) is 11.4 Å². The van der Waals surface area contributed by atoms with Gasteiger partial charge in [-0.05, 0) is 53.9 Å². The number of anilines is 2. The molecule has 0 heterocycles. The van der Waals surface area contributed by atoms with E-state index in [9.17, 15) is 0 Å². The van der Waals surface area contributed by atoms with Crippen molar-refractivity contribution in [2.45, 2.75) is 27.2 Å². The zero-order chi connectivity index (χ0) is 17.9. The molecule has 0 saturated carbocycles. The highest BCUT2D eigenvalue weighted by atomic mass is 14.9. The Morgan fingerprint density at radius 3 is 2.16 bits per heavy atom. The molecular formula is C24H27N. The molecule has 128 valence electrons. The van der Waals surface area contributed by atoms with Gasteiger partial charge in [0.1, 0.15) is 0 Å². The molecule has 0 aromatic heterocycles. The summed E-state index contributed by atoms with van der Waals surface area (Å²) in [7, 11) is 0. The Morgan fingerprint density at radius 2 is 1.44 bits per heavy atom. The van der Waals surface area contributed by atoms with Crippen LogP contribution in [0.2, 0.25) is 0 Å². The van der Waals surface area contributed by atoms with E-state index in [1.165, 1.54) is 16.3 Å². The lowest BCUT2D eigenvalue weighted by Crippen LogP contribution is -1.90. The molecule has 0 atom stereocenters. The molecule has 0 radical (unpaired) electrons. The minimum atomic E-state index is 0.959. The van der Waals surface area contributed by atoms with Crippen LogP contribution in [-0.4, -0.2) is 0 Å². The Morgan fingerprint density at radius 1 is 0.760 bits per heavy atom. The van der Waals surface area contributed by atoms with Crippen LogP contribution in [0.1, 0.15) is 26.3 Å². The summed E-state index contributed by atoms with van der Waals surface area (Å²) < 4.78 is 0. The van der Waals surface area contributed by atoms with Gasteiger partial charge in [-0.25, -0.2) is 0 Å². The first-order chi connectivity index (χ1) is 12.3. The van der Waals surface area contributed by atoms with Crippen molar-refractivity contribution >= 4 is 22.1 Å². The minimum absolute atomic E-state index is 0.959. The Kier molecular flexibility index (Phi) is 7.52. The van der Waals surface area contributed by atoms with E-state index in [4.69, 9.17) is 0 Å². The molecular weight excluding hydrogens is 302 g/mol. The summed E-state index contributed by atoms with van der Waals surface area (Å²) in [5.41, 5.74) is 3.54. The van der Waals surface area contributed by atoms with E-state index >= 15 is 0 Å². The second-order valence-electron chi connectivity index (χ2n) is 5.54. The molecule has 3 aromatic rings. The Bertz CT molecular complexity index is 826. The van der Waals surface area contributed by atoms with Crippen LogP contribution >= 0.6 is 0 Å². The van der Waals surface area contributed by atoms with E-state index < -0.39 is 0 Å². The summed E-state index contributed by atoms with van der Waals surface area (Å²) in [5.74, 6) is 0. The first-order valence-corrected chi connectivity index (χ1v) is 8.98. The number of benzene rings is 3. The van der Waals surface area contributed by atoms with E-state index in [1.807, 2.05) is 26.8 Å². The van der Waals surface area contributed by atoms with Crippen molar-refractivity contribution in [3.05, 3.63) is 96.6 Å². The molecule has 0 amide bonds. The second kappa shape index (κ2) is 10.1. The van der Waals surface area contributed by atoms with Gasteiger partial charge in [0.15, 0.2) is 0 Å². The highest BCUT2D eigenvalue weighted by Gasteiger charge is 1.98. The first kappa shape index (κ1) is 18.5. The van der Waals surface area contributed by atoms with Crippen LogP contribution in [-0.2, 0) is 6.42 Å². The molecule has 0 unspecified atom stereocenters. The van der Waals surface area contributed by atoms with Crippen molar-refractivity contribution in [1.29, 1.82) is 0 Å². The van der Waals surface area contributed by atoms with Gasteiger partial charge in [-0.1, -0.05) is 80.6 Å². The maximum atomic E-state index is 3.47. The average Bonchev–Trinajstić information content (AvgIpc) is 2.68. The highest BCUT2D eigenvalue weighted by Crippen LogP contribution is 2.22. The Balaban J connectivity index is 0.00000109. The lowest BCUT2D eigenvalue weighted by Gasteiger charge is -2.08. The van der Waals surface area contributed by atoms with Crippen molar-refractivity contribution < 1.29 is 0 Å². The molecule has 0 aliphatic rings. The zero-order valence-electron chi connectivity index (χ0n) is 15.4. The van der Waals surface area contributed by atoms with E-state index in [0.29, 0.717) is 0 Å². The summed E-state index contributed by atoms with van der Waals surface area (Å²) in [6.45, 7) is 6.03. The maximum absolute atomic E-state index is 3.47. The van der Waals surface area contributed by atoms with Crippen molar-refractivity contribution in [3.63, 3.8) is 0 Å². The molecule has 25 heavy (non-hydrogen) atoms. The molecule has 0 saturated heterocycles. The number of hydrogen-bond acceptors (Lipinski definition) is 1. The third-order valence-corrected chi connectivity index (χ3v) is 3.79. The summed E-state index contributed by atoms with van der Waals surface area (Å²) in [5, 5.41) is 5.99. The fourth-order valence-corrected chi connectivity index (χ4v) is 2.55. The summed E-state index contributed by atoms with van der Waals surface area (Å²) in [6.07, 6.45) is 9.30. The first-order valence-electron chi connectivity index (χ1n) is 8.98. The van der Waals surface area contributed by atoms with Gasteiger partial charge in [-0.15, -0.1) is 0 Å². The predicted octanol–water partition coefficient (Wildman–Crippen LogP) is 7.28. The predicted molar refractivity (Wildman–Crippen MR) is 113 cm³/mol. The van der Waals surface area contributed by atoms with Gasteiger partial charge >= 0.3 is 0 Å². The topological polar surface area (TPSA) is 12.0 Å². The van der Waals surface area contributed by atoms with Gasteiger partial charge < -0.3 is 5.32 Å². The van der Waals surface area contributed by atoms with Crippen molar-refractivity contribution in [1.82, 2.24) is 0 Å². The van der Waals surface area contributed by atoms with Crippen LogP contribution in [0, 0.1) is 0 Å². The van der Waals surface area contributed by atoms with Crippen LogP contribution < -0.4 is 5.32 Å². The summed E-state index contributed by atoms with van der Waals surface area (Å²) >= 11 is 0. The monoisotopic (exact) mass is 329 g/mol. The molecule has 1 N–H and O–H groups in total. The quantitative estimate of drug-likeness (QED) is 0.485. The SMILES string of the molecule is C/C=C\C=C/Cc1ccc(Nc2ccc3ccccc3c2)cc1.CC. The number of rotatable bonds is 5. The molecule has 0 spiro atoms. The zero-order valence-corrected chi connectivity index (χ0v) is 15.4. The van der Waals surface area contributed by atoms with E-state index in [-0.39, 0.29) is 0 Å². The van der Waals surface area contributed by atoms with Crippen LogP contribution in [0.4, 0.5) is 11.4 Å².